The van der Waals surface area contributed by atoms with Crippen molar-refractivity contribution >= 4 is 17.0 Å². The maximum absolute atomic E-state index is 6.06. The third-order valence-corrected chi connectivity index (χ3v) is 3.12. The zero-order chi connectivity index (χ0) is 13.2. The fourth-order valence-corrected chi connectivity index (χ4v) is 2.30. The van der Waals surface area contributed by atoms with Gasteiger partial charge < -0.3 is 10.5 Å². The summed E-state index contributed by atoms with van der Waals surface area (Å²) >= 11 is 0. The second-order valence-electron chi connectivity index (χ2n) is 4.36. The van der Waals surface area contributed by atoms with E-state index >= 15 is 0 Å². The number of fused-ring (bicyclic) bond motifs is 1. The highest BCUT2D eigenvalue weighted by molar-refractivity contribution is 5.81. The Balaban J connectivity index is 2.27. The smallest absolute Gasteiger partial charge is 0.205 e. The van der Waals surface area contributed by atoms with Crippen LogP contribution in [0.3, 0.4) is 0 Å². The van der Waals surface area contributed by atoms with Gasteiger partial charge in [0.15, 0.2) is 0 Å². The van der Waals surface area contributed by atoms with Gasteiger partial charge in [0.05, 0.1) is 23.3 Å². The molecule has 0 aliphatic carbocycles. The predicted octanol–water partition coefficient (Wildman–Crippen LogP) is 2.75. The molecule has 0 atom stereocenters. The van der Waals surface area contributed by atoms with Gasteiger partial charge in [-0.1, -0.05) is 30.3 Å². The van der Waals surface area contributed by atoms with Crippen LogP contribution < -0.4 is 5.73 Å². The quantitative estimate of drug-likeness (QED) is 0.780. The molecular weight excluding hydrogens is 238 g/mol. The maximum atomic E-state index is 6.06. The van der Waals surface area contributed by atoms with Gasteiger partial charge in [0.2, 0.25) is 5.95 Å². The van der Waals surface area contributed by atoms with E-state index in [0.29, 0.717) is 12.6 Å². The molecule has 0 aliphatic rings. The molecule has 4 nitrogen and oxygen atoms in total. The minimum atomic E-state index is 0.491. The Hall–Kier alpha value is -2.33. The summed E-state index contributed by atoms with van der Waals surface area (Å²) in [6.07, 6.45) is 0. The largest absolute Gasteiger partial charge is 0.380 e. The number of aromatic nitrogens is 2. The topological polar surface area (TPSA) is 53.1 Å². The van der Waals surface area contributed by atoms with Gasteiger partial charge in [0.25, 0.3) is 0 Å². The van der Waals surface area contributed by atoms with Crippen LogP contribution in [-0.4, -0.2) is 16.7 Å². The number of hydrogen-bond donors (Lipinski definition) is 1. The summed E-state index contributed by atoms with van der Waals surface area (Å²) in [5, 5.41) is 0. The lowest BCUT2D eigenvalue weighted by Crippen LogP contribution is -2.04. The summed E-state index contributed by atoms with van der Waals surface area (Å²) in [7, 11) is 1.69. The second-order valence-corrected chi connectivity index (χ2v) is 4.36. The summed E-state index contributed by atoms with van der Waals surface area (Å²) in [4.78, 5) is 4.39. The molecule has 0 radical (unpaired) electrons. The third-order valence-electron chi connectivity index (χ3n) is 3.12. The van der Waals surface area contributed by atoms with Gasteiger partial charge in [-0.15, -0.1) is 0 Å². The average Bonchev–Trinajstić information content (AvgIpc) is 2.76. The molecule has 0 fully saturated rings. The second kappa shape index (κ2) is 4.74. The standard InChI is InChI=1S/C15H15N3O/c1-19-10-11-6-2-4-8-13(11)18-14-9-5-3-7-12(14)17-15(18)16/h2-9H,10H2,1H3,(H2,16,17). The summed E-state index contributed by atoms with van der Waals surface area (Å²) in [6.45, 7) is 0.544. The van der Waals surface area contributed by atoms with Crippen LogP contribution in [0.1, 0.15) is 5.56 Å². The molecule has 2 aromatic carbocycles. The van der Waals surface area contributed by atoms with Crippen molar-refractivity contribution in [1.29, 1.82) is 0 Å². The lowest BCUT2D eigenvalue weighted by atomic mass is 10.2. The number of methoxy groups -OCH3 is 1. The lowest BCUT2D eigenvalue weighted by molar-refractivity contribution is 0.185. The first-order valence-corrected chi connectivity index (χ1v) is 6.11. The number of ether oxygens (including phenoxy) is 1. The molecule has 0 spiro atoms. The highest BCUT2D eigenvalue weighted by Crippen LogP contribution is 2.25. The first-order valence-electron chi connectivity index (χ1n) is 6.11. The van der Waals surface area contributed by atoms with Gasteiger partial charge in [-0.2, -0.15) is 0 Å². The van der Waals surface area contributed by atoms with E-state index in [9.17, 15) is 0 Å². The number of nitrogens with zero attached hydrogens (tertiary/aromatic N) is 2. The first kappa shape index (κ1) is 11.7. The highest BCUT2D eigenvalue weighted by atomic mass is 16.5. The van der Waals surface area contributed by atoms with Crippen LogP contribution in [0.4, 0.5) is 5.95 Å². The van der Waals surface area contributed by atoms with Crippen molar-refractivity contribution in [3.8, 4) is 5.69 Å². The van der Waals surface area contributed by atoms with E-state index in [1.165, 1.54) is 0 Å². The Labute approximate surface area is 111 Å². The molecule has 0 aliphatic heterocycles. The van der Waals surface area contributed by atoms with Crippen molar-refractivity contribution < 1.29 is 4.74 Å². The summed E-state index contributed by atoms with van der Waals surface area (Å²) < 4.78 is 7.21. The molecule has 19 heavy (non-hydrogen) atoms. The highest BCUT2D eigenvalue weighted by Gasteiger charge is 2.12. The van der Waals surface area contributed by atoms with Crippen molar-refractivity contribution in [3.63, 3.8) is 0 Å². The molecule has 0 unspecified atom stereocenters. The maximum Gasteiger partial charge on any atom is 0.205 e. The molecule has 0 saturated carbocycles. The van der Waals surface area contributed by atoms with Crippen LogP contribution in [0.15, 0.2) is 48.5 Å². The Morgan fingerprint density at radius 2 is 1.84 bits per heavy atom. The van der Waals surface area contributed by atoms with Gasteiger partial charge >= 0.3 is 0 Å². The minimum absolute atomic E-state index is 0.491. The zero-order valence-corrected chi connectivity index (χ0v) is 10.7. The van der Waals surface area contributed by atoms with Gasteiger partial charge in [-0.25, -0.2) is 4.98 Å². The normalized spacial score (nSPS) is 11.0. The van der Waals surface area contributed by atoms with E-state index in [2.05, 4.69) is 4.98 Å². The van der Waals surface area contributed by atoms with Crippen LogP contribution in [-0.2, 0) is 11.3 Å². The number of anilines is 1. The Morgan fingerprint density at radius 1 is 1.11 bits per heavy atom. The third kappa shape index (κ3) is 1.96. The Morgan fingerprint density at radius 3 is 2.68 bits per heavy atom. The molecular formula is C15H15N3O. The predicted molar refractivity (Wildman–Crippen MR) is 76.2 cm³/mol. The molecule has 1 heterocycles. The Bertz CT molecular complexity index is 718. The van der Waals surface area contributed by atoms with Crippen molar-refractivity contribution in [1.82, 2.24) is 9.55 Å². The van der Waals surface area contributed by atoms with E-state index in [0.717, 1.165) is 22.3 Å². The van der Waals surface area contributed by atoms with Crippen LogP contribution in [0.2, 0.25) is 0 Å². The van der Waals surface area contributed by atoms with Gasteiger partial charge in [0.1, 0.15) is 0 Å². The zero-order valence-electron chi connectivity index (χ0n) is 10.7. The molecule has 3 aromatic rings. The monoisotopic (exact) mass is 253 g/mol. The number of nitrogen functional groups attached to an aromatic ring is 1. The summed E-state index contributed by atoms with van der Waals surface area (Å²) in [6, 6.07) is 16.0. The van der Waals surface area contributed by atoms with E-state index in [4.69, 9.17) is 10.5 Å². The van der Waals surface area contributed by atoms with Crippen LogP contribution in [0.5, 0.6) is 0 Å². The molecule has 96 valence electrons. The number of para-hydroxylation sites is 3. The van der Waals surface area contributed by atoms with Crippen LogP contribution in [0.25, 0.3) is 16.7 Å². The van der Waals surface area contributed by atoms with E-state index in [-0.39, 0.29) is 0 Å². The van der Waals surface area contributed by atoms with Gasteiger partial charge in [-0.3, -0.25) is 4.57 Å². The molecule has 4 heteroatoms. The number of benzene rings is 2. The van der Waals surface area contributed by atoms with E-state index < -0.39 is 0 Å². The van der Waals surface area contributed by atoms with Crippen LogP contribution in [0, 0.1) is 0 Å². The number of hydrogen-bond acceptors (Lipinski definition) is 3. The molecule has 3 rings (SSSR count). The number of rotatable bonds is 3. The minimum Gasteiger partial charge on any atom is -0.380 e. The fraction of sp³-hybridized carbons (Fsp3) is 0.133. The van der Waals surface area contributed by atoms with Gasteiger partial charge in [-0.05, 0) is 18.2 Å². The SMILES string of the molecule is COCc1ccccc1-n1c(N)nc2ccccc21. The number of imidazole rings is 1. The average molecular weight is 253 g/mol. The molecule has 1 aromatic heterocycles. The van der Waals surface area contributed by atoms with Crippen molar-refractivity contribution in [2.45, 2.75) is 6.61 Å². The van der Waals surface area contributed by atoms with Crippen molar-refractivity contribution in [2.75, 3.05) is 12.8 Å². The van der Waals surface area contributed by atoms with E-state index in [1.807, 2.05) is 53.1 Å². The molecule has 0 amide bonds. The van der Waals surface area contributed by atoms with Crippen LogP contribution >= 0.6 is 0 Å². The van der Waals surface area contributed by atoms with E-state index in [1.54, 1.807) is 7.11 Å². The summed E-state index contributed by atoms with van der Waals surface area (Å²) in [5.74, 6) is 0.491. The first-order chi connectivity index (χ1) is 9.31. The molecule has 0 saturated heterocycles. The molecule has 2 N–H and O–H groups in total. The molecule has 0 bridgehead atoms. The van der Waals surface area contributed by atoms with Gasteiger partial charge in [0, 0.05) is 12.7 Å². The lowest BCUT2D eigenvalue weighted by Gasteiger charge is -2.11. The van der Waals surface area contributed by atoms with Crippen molar-refractivity contribution in [2.24, 2.45) is 0 Å². The summed E-state index contributed by atoms with van der Waals surface area (Å²) in [5.41, 5.74) is 10.1. The fourth-order valence-electron chi connectivity index (χ4n) is 2.30. The Kier molecular flexibility index (Phi) is 2.93. The van der Waals surface area contributed by atoms with Crippen molar-refractivity contribution in [3.05, 3.63) is 54.1 Å². The number of nitrogens with two attached hydrogens (primary N) is 1.